The summed E-state index contributed by atoms with van der Waals surface area (Å²) in [6, 6.07) is 0. The van der Waals surface area contributed by atoms with Crippen LogP contribution in [0.1, 0.15) is 13.8 Å². The van der Waals surface area contributed by atoms with Crippen molar-refractivity contribution in [3.05, 3.63) is 0 Å². The van der Waals surface area contributed by atoms with Crippen molar-refractivity contribution in [2.24, 2.45) is 5.73 Å². The van der Waals surface area contributed by atoms with Gasteiger partial charge in [-0.2, -0.15) is 0 Å². The van der Waals surface area contributed by atoms with Gasteiger partial charge in [0.05, 0.1) is 12.4 Å². The van der Waals surface area contributed by atoms with Crippen LogP contribution in [0.3, 0.4) is 0 Å². The highest BCUT2D eigenvalue weighted by molar-refractivity contribution is 7.63. The number of hydrogen-bond donors (Lipinski definition) is 1. The smallest absolute Gasteiger partial charge is 0.163 e. The largest absolute Gasteiger partial charge is 0.348 e. The number of hydrogen-bond acceptors (Lipinski definition) is 4. The average Bonchev–Trinajstić information content (AvgIpc) is 2.26. The van der Waals surface area contributed by atoms with Crippen molar-refractivity contribution in [3.8, 4) is 0 Å². The van der Waals surface area contributed by atoms with E-state index in [2.05, 4.69) is 0 Å². The molecule has 5 heteroatoms. The van der Waals surface area contributed by atoms with Crippen LogP contribution in [0.4, 0.5) is 0 Å². The van der Waals surface area contributed by atoms with Crippen molar-refractivity contribution in [1.29, 1.82) is 0 Å². The summed E-state index contributed by atoms with van der Waals surface area (Å²) in [6.45, 7) is 7.43. The van der Waals surface area contributed by atoms with E-state index >= 15 is 0 Å². The molecule has 1 heterocycles. The third kappa shape index (κ3) is 2.78. The Morgan fingerprint density at radius 1 is 1.54 bits per heavy atom. The normalized spacial score (nSPS) is 30.4. The molecule has 2 atom stereocenters. The van der Waals surface area contributed by atoms with Crippen molar-refractivity contribution in [2.75, 3.05) is 19.9 Å². The first-order valence-corrected chi connectivity index (χ1v) is 7.01. The van der Waals surface area contributed by atoms with Crippen molar-refractivity contribution in [2.45, 2.75) is 31.5 Å². The number of nitrogens with two attached hydrogens (primary N) is 1. The second kappa shape index (κ2) is 3.35. The van der Waals surface area contributed by atoms with E-state index in [4.69, 9.17) is 15.2 Å². The van der Waals surface area contributed by atoms with Crippen LogP contribution in [0.2, 0.25) is 0 Å². The van der Waals surface area contributed by atoms with Crippen LogP contribution in [-0.4, -0.2) is 37.6 Å². The van der Waals surface area contributed by atoms with Gasteiger partial charge in [0, 0.05) is 0 Å². The van der Waals surface area contributed by atoms with E-state index < -0.39 is 18.7 Å². The van der Waals surface area contributed by atoms with Gasteiger partial charge in [0.1, 0.15) is 13.2 Å². The molecule has 0 saturated carbocycles. The maximum absolute atomic E-state index is 11.7. The Morgan fingerprint density at radius 3 is 2.38 bits per heavy atom. The molecule has 0 aromatic heterocycles. The lowest BCUT2D eigenvalue weighted by atomic mass is 10.4. The number of ether oxygens (including phenoxy) is 2. The summed E-state index contributed by atoms with van der Waals surface area (Å²) in [5.41, 5.74) is 5.81. The lowest BCUT2D eigenvalue weighted by Crippen LogP contribution is -2.37. The van der Waals surface area contributed by atoms with E-state index in [1.165, 1.54) is 0 Å². The van der Waals surface area contributed by atoms with Gasteiger partial charge in [-0.25, -0.2) is 0 Å². The highest BCUT2D eigenvalue weighted by Crippen LogP contribution is 2.44. The van der Waals surface area contributed by atoms with Crippen LogP contribution >= 0.6 is 7.14 Å². The highest BCUT2D eigenvalue weighted by Gasteiger charge is 2.39. The first-order valence-electron chi connectivity index (χ1n) is 4.34. The Balaban J connectivity index is 2.62. The van der Waals surface area contributed by atoms with Gasteiger partial charge in [0.15, 0.2) is 5.79 Å². The third-order valence-electron chi connectivity index (χ3n) is 2.13. The summed E-state index contributed by atoms with van der Waals surface area (Å²) >= 11 is 0. The fourth-order valence-corrected chi connectivity index (χ4v) is 2.23. The SMILES string of the molecule is CC1(C)OCC([C@H](N)P(C)(C)=O)O1. The van der Waals surface area contributed by atoms with Crippen LogP contribution in [0.25, 0.3) is 0 Å². The van der Waals surface area contributed by atoms with E-state index in [0.717, 1.165) is 0 Å². The third-order valence-corrected chi connectivity index (χ3v) is 3.90. The van der Waals surface area contributed by atoms with Crippen LogP contribution < -0.4 is 5.73 Å². The van der Waals surface area contributed by atoms with Crippen molar-refractivity contribution in [3.63, 3.8) is 0 Å². The summed E-state index contributed by atoms with van der Waals surface area (Å²) in [5, 5.41) is 0. The Labute approximate surface area is 79.1 Å². The Kier molecular flexibility index (Phi) is 2.89. The van der Waals surface area contributed by atoms with Gasteiger partial charge in [0.25, 0.3) is 0 Å². The van der Waals surface area contributed by atoms with Crippen LogP contribution in [0.5, 0.6) is 0 Å². The fraction of sp³-hybridized carbons (Fsp3) is 1.00. The highest BCUT2D eigenvalue weighted by atomic mass is 31.2. The minimum absolute atomic E-state index is 0.240. The predicted octanol–water partition coefficient (Wildman–Crippen LogP) is 1.05. The molecule has 13 heavy (non-hydrogen) atoms. The molecule has 0 aromatic carbocycles. The zero-order chi connectivity index (χ0) is 10.3. The van der Waals surface area contributed by atoms with Gasteiger partial charge in [0.2, 0.25) is 0 Å². The molecule has 0 spiro atoms. The predicted molar refractivity (Wildman–Crippen MR) is 52.3 cm³/mol. The number of rotatable bonds is 2. The van der Waals surface area contributed by atoms with Crippen LogP contribution in [0, 0.1) is 0 Å². The molecular weight excluding hydrogens is 189 g/mol. The minimum Gasteiger partial charge on any atom is -0.348 e. The van der Waals surface area contributed by atoms with Crippen molar-refractivity contribution >= 4 is 7.14 Å². The first kappa shape index (κ1) is 11.2. The molecule has 1 aliphatic heterocycles. The van der Waals surface area contributed by atoms with Gasteiger partial charge in [-0.3, -0.25) is 0 Å². The molecule has 1 rings (SSSR count). The molecule has 1 unspecified atom stereocenters. The molecule has 1 saturated heterocycles. The quantitative estimate of drug-likeness (QED) is 0.687. The summed E-state index contributed by atoms with van der Waals surface area (Å²) in [6.07, 6.45) is -0.240. The summed E-state index contributed by atoms with van der Waals surface area (Å²) in [5.74, 6) is -1.01. The molecule has 0 amide bonds. The molecule has 0 bridgehead atoms. The molecule has 1 aliphatic rings. The summed E-state index contributed by atoms with van der Waals surface area (Å²) in [7, 11) is -2.29. The molecule has 0 radical (unpaired) electrons. The van der Waals surface area contributed by atoms with Crippen LogP contribution in [0.15, 0.2) is 0 Å². The van der Waals surface area contributed by atoms with E-state index in [9.17, 15) is 4.57 Å². The topological polar surface area (TPSA) is 61.5 Å². The van der Waals surface area contributed by atoms with Gasteiger partial charge >= 0.3 is 0 Å². The first-order chi connectivity index (χ1) is 5.72. The molecule has 0 aliphatic carbocycles. The second-order valence-corrected chi connectivity index (χ2v) is 7.76. The second-order valence-electron chi connectivity index (χ2n) is 4.29. The maximum Gasteiger partial charge on any atom is 0.163 e. The summed E-state index contributed by atoms with van der Waals surface area (Å²) < 4.78 is 22.5. The fourth-order valence-electron chi connectivity index (χ4n) is 1.28. The van der Waals surface area contributed by atoms with Crippen molar-refractivity contribution < 1.29 is 14.0 Å². The zero-order valence-corrected chi connectivity index (χ0v) is 9.51. The molecular formula is C8H18NO3P. The standard InChI is InChI=1S/C8H18NO3P/c1-8(2)11-5-6(12-8)7(9)13(3,4)10/h6-7H,5,9H2,1-4H3/t6?,7-/m1/s1. The maximum atomic E-state index is 11.7. The zero-order valence-electron chi connectivity index (χ0n) is 8.61. The lowest BCUT2D eigenvalue weighted by molar-refractivity contribution is -0.138. The minimum atomic E-state index is -2.29. The average molecular weight is 207 g/mol. The van der Waals surface area contributed by atoms with Gasteiger partial charge in [-0.05, 0) is 27.2 Å². The Hall–Kier alpha value is 0.110. The lowest BCUT2D eigenvalue weighted by Gasteiger charge is -2.23. The summed E-state index contributed by atoms with van der Waals surface area (Å²) in [4.78, 5) is 0. The molecule has 0 aromatic rings. The van der Waals surface area contributed by atoms with Gasteiger partial charge in [-0.1, -0.05) is 0 Å². The van der Waals surface area contributed by atoms with Gasteiger partial charge < -0.3 is 19.8 Å². The molecule has 78 valence electrons. The van der Waals surface area contributed by atoms with Crippen LogP contribution in [-0.2, 0) is 14.0 Å². The Bertz CT molecular complexity index is 236. The van der Waals surface area contributed by atoms with E-state index in [1.54, 1.807) is 13.3 Å². The van der Waals surface area contributed by atoms with Crippen molar-refractivity contribution in [1.82, 2.24) is 0 Å². The van der Waals surface area contributed by atoms with Gasteiger partial charge in [-0.15, -0.1) is 0 Å². The van der Waals surface area contributed by atoms with E-state index in [-0.39, 0.29) is 6.10 Å². The molecule has 1 fully saturated rings. The molecule has 2 N–H and O–H groups in total. The monoisotopic (exact) mass is 207 g/mol. The van der Waals surface area contributed by atoms with E-state index in [0.29, 0.717) is 6.61 Å². The van der Waals surface area contributed by atoms with E-state index in [1.807, 2.05) is 13.8 Å². The molecule has 4 nitrogen and oxygen atoms in total. The Morgan fingerprint density at radius 2 is 2.08 bits per heavy atom.